The number of carbonyl (C=O) groups excluding carboxylic acids is 3. The minimum Gasteiger partial charge on any atom is -0.466 e. The Hall–Kier alpha value is -0.880. The van der Waals surface area contributed by atoms with Gasteiger partial charge in [0.05, 0.1) is 36.4 Å². The molecule has 4 heterocycles. The molecule has 2 amide bonds. The summed E-state index contributed by atoms with van der Waals surface area (Å²) in [6.45, 7) is 6.55. The second kappa shape index (κ2) is 10.2. The predicted molar refractivity (Wildman–Crippen MR) is 123 cm³/mol. The van der Waals surface area contributed by atoms with Crippen molar-refractivity contribution in [2.75, 3.05) is 59.2 Å². The molecule has 4 aliphatic rings. The number of halogens is 1. The largest absolute Gasteiger partial charge is 0.466 e. The van der Waals surface area contributed by atoms with Gasteiger partial charge < -0.3 is 24.8 Å². The molecule has 0 aromatic carbocycles. The molecule has 32 heavy (non-hydrogen) atoms. The van der Waals surface area contributed by atoms with Gasteiger partial charge in [0.2, 0.25) is 11.8 Å². The molecule has 3 unspecified atom stereocenters. The van der Waals surface area contributed by atoms with E-state index in [1.807, 2.05) is 0 Å². The third-order valence-corrected chi connectivity index (χ3v) is 10.2. The van der Waals surface area contributed by atoms with E-state index in [1.54, 1.807) is 23.6 Å². The topological polar surface area (TPSA) is 108 Å². The number of hydrogen-bond donors (Lipinski definition) is 2. The first-order chi connectivity index (χ1) is 15.4. The van der Waals surface area contributed by atoms with Crippen molar-refractivity contribution < 1.29 is 29.0 Å². The van der Waals surface area contributed by atoms with Crippen molar-refractivity contribution in [1.82, 2.24) is 15.1 Å². The van der Waals surface area contributed by atoms with Crippen molar-refractivity contribution in [3.8, 4) is 0 Å². The molecule has 1 spiro atoms. The fraction of sp³-hybridized carbons (Fsp3) is 0.857. The highest BCUT2D eigenvalue weighted by atomic mass is 79.9. The third-order valence-electron chi connectivity index (χ3n) is 6.98. The van der Waals surface area contributed by atoms with Crippen molar-refractivity contribution in [1.29, 1.82) is 0 Å². The maximum atomic E-state index is 13.5. The minimum atomic E-state index is -0.661. The van der Waals surface area contributed by atoms with Crippen LogP contribution >= 0.6 is 27.7 Å². The van der Waals surface area contributed by atoms with E-state index in [-0.39, 0.29) is 41.1 Å². The van der Waals surface area contributed by atoms with E-state index in [9.17, 15) is 19.5 Å². The Labute approximate surface area is 201 Å². The average Bonchev–Trinajstić information content (AvgIpc) is 3.36. The summed E-state index contributed by atoms with van der Waals surface area (Å²) in [5, 5.41) is 12.3. The number of aliphatic hydroxyl groups is 1. The molecule has 0 aromatic rings. The number of carbonyl (C=O) groups is 3. The molecule has 180 valence electrons. The molecule has 2 N–H and O–H groups in total. The lowest BCUT2D eigenvalue weighted by atomic mass is 9.71. The number of hydrogen-bond acceptors (Lipinski definition) is 8. The molecule has 0 aliphatic carbocycles. The highest BCUT2D eigenvalue weighted by Gasteiger charge is 2.75. The molecule has 0 aromatic heterocycles. The van der Waals surface area contributed by atoms with Crippen molar-refractivity contribution in [3.63, 3.8) is 0 Å². The molecule has 6 atom stereocenters. The smallest absolute Gasteiger partial charge is 0.310 e. The third kappa shape index (κ3) is 4.19. The molecular weight excluding hydrogens is 502 g/mol. The number of likely N-dealkylation sites (tertiary alicyclic amines) is 1. The van der Waals surface area contributed by atoms with Crippen LogP contribution in [0.15, 0.2) is 0 Å². The van der Waals surface area contributed by atoms with Gasteiger partial charge in [0.1, 0.15) is 6.04 Å². The van der Waals surface area contributed by atoms with Crippen LogP contribution in [0.4, 0.5) is 0 Å². The number of esters is 1. The summed E-state index contributed by atoms with van der Waals surface area (Å²) in [6, 6.07) is -0.661. The van der Waals surface area contributed by atoms with E-state index in [0.717, 1.165) is 19.6 Å². The number of nitrogens with zero attached hydrogens (tertiary/aromatic N) is 2. The summed E-state index contributed by atoms with van der Waals surface area (Å²) in [5.41, 5.74) is 0. The number of rotatable bonds is 9. The molecule has 2 bridgehead atoms. The fourth-order valence-electron chi connectivity index (χ4n) is 5.68. The van der Waals surface area contributed by atoms with Crippen LogP contribution in [0.1, 0.15) is 19.8 Å². The summed E-state index contributed by atoms with van der Waals surface area (Å²) in [4.78, 5) is 43.7. The summed E-state index contributed by atoms with van der Waals surface area (Å²) in [6.07, 6.45) is 1.04. The van der Waals surface area contributed by atoms with E-state index in [4.69, 9.17) is 9.47 Å². The van der Waals surface area contributed by atoms with E-state index in [1.165, 1.54) is 0 Å². The Morgan fingerprint density at radius 1 is 1.34 bits per heavy atom. The van der Waals surface area contributed by atoms with Crippen molar-refractivity contribution in [2.45, 2.75) is 40.6 Å². The van der Waals surface area contributed by atoms with Gasteiger partial charge in [-0.05, 0) is 19.8 Å². The van der Waals surface area contributed by atoms with Gasteiger partial charge >= 0.3 is 5.97 Å². The van der Waals surface area contributed by atoms with E-state index in [2.05, 4.69) is 26.1 Å². The normalized spacial score (nSPS) is 36.4. The minimum absolute atomic E-state index is 0.0346. The van der Waals surface area contributed by atoms with Crippen LogP contribution in [0.5, 0.6) is 0 Å². The zero-order valence-corrected chi connectivity index (χ0v) is 20.7. The van der Waals surface area contributed by atoms with Crippen LogP contribution in [0.25, 0.3) is 0 Å². The Morgan fingerprint density at radius 2 is 2.09 bits per heavy atom. The number of aliphatic hydroxyl groups excluding tert-OH is 1. The summed E-state index contributed by atoms with van der Waals surface area (Å²) >= 11 is 5.31. The first-order valence-corrected chi connectivity index (χ1v) is 13.2. The molecule has 0 saturated carbocycles. The van der Waals surface area contributed by atoms with Crippen molar-refractivity contribution >= 4 is 45.5 Å². The predicted octanol–water partition coefficient (Wildman–Crippen LogP) is -0.155. The lowest BCUT2D eigenvalue weighted by Crippen LogP contribution is -2.55. The standard InChI is InChI=1S/C21H32BrN3O6S/c1-2-31-20(29)14-15-19(28)25(5-3-9-26)17(21(15)12-13(22)16(14)32-21)18(27)23-4-6-24-7-10-30-11-8-24/h13-17,26H,2-12H2,1H3,(H,23,27)/t13?,14-,15-,16-,17?,21?/m0/s1. The second-order valence-corrected chi connectivity index (χ2v) is 11.5. The molecule has 11 heteroatoms. The molecular formula is C21H32BrN3O6S. The first kappa shape index (κ1) is 24.3. The van der Waals surface area contributed by atoms with Crippen molar-refractivity contribution in [2.24, 2.45) is 11.8 Å². The summed E-state index contributed by atoms with van der Waals surface area (Å²) < 4.78 is 10.0. The van der Waals surface area contributed by atoms with Gasteiger partial charge in [0.15, 0.2) is 0 Å². The van der Waals surface area contributed by atoms with Crippen molar-refractivity contribution in [3.05, 3.63) is 0 Å². The van der Waals surface area contributed by atoms with Gasteiger partial charge in [-0.3, -0.25) is 19.3 Å². The molecule has 9 nitrogen and oxygen atoms in total. The lowest BCUT2D eigenvalue weighted by Gasteiger charge is -2.35. The Kier molecular flexibility index (Phi) is 7.71. The van der Waals surface area contributed by atoms with Gasteiger partial charge in [-0.1, -0.05) is 15.9 Å². The highest BCUT2D eigenvalue weighted by molar-refractivity contribution is 9.09. The number of morpholine rings is 1. The maximum absolute atomic E-state index is 13.5. The van der Waals surface area contributed by atoms with Crippen LogP contribution in [-0.2, 0) is 23.9 Å². The fourth-order valence-corrected chi connectivity index (χ4v) is 9.28. The van der Waals surface area contributed by atoms with Crippen LogP contribution in [0, 0.1) is 11.8 Å². The van der Waals surface area contributed by atoms with Gasteiger partial charge in [-0.2, -0.15) is 0 Å². The quantitative estimate of drug-likeness (QED) is 0.311. The number of thioether (sulfide) groups is 1. The number of ether oxygens (including phenoxy) is 2. The average molecular weight is 534 g/mol. The maximum Gasteiger partial charge on any atom is 0.310 e. The number of amides is 2. The first-order valence-electron chi connectivity index (χ1n) is 11.4. The van der Waals surface area contributed by atoms with E-state index < -0.39 is 22.6 Å². The van der Waals surface area contributed by atoms with Crippen LogP contribution in [-0.4, -0.2) is 113 Å². The molecule has 4 aliphatic heterocycles. The Bertz CT molecular complexity index is 738. The second-order valence-electron chi connectivity index (χ2n) is 8.77. The van der Waals surface area contributed by atoms with Gasteiger partial charge in [0, 0.05) is 49.4 Å². The number of alkyl halides is 1. The van der Waals surface area contributed by atoms with E-state index in [0.29, 0.717) is 39.1 Å². The SMILES string of the molecule is CCOC(=O)[C@H]1[C@H]2C(=O)N(CCCO)C(C(=O)NCCN3CCOCC3)C23CC(Br)[C@@H]1S3. The lowest BCUT2D eigenvalue weighted by molar-refractivity contribution is -0.153. The van der Waals surface area contributed by atoms with Crippen LogP contribution < -0.4 is 5.32 Å². The molecule has 4 saturated heterocycles. The van der Waals surface area contributed by atoms with Gasteiger partial charge in [-0.25, -0.2) is 0 Å². The monoisotopic (exact) mass is 533 g/mol. The zero-order valence-electron chi connectivity index (χ0n) is 18.3. The zero-order chi connectivity index (χ0) is 22.9. The van der Waals surface area contributed by atoms with Gasteiger partial charge in [0.25, 0.3) is 0 Å². The molecule has 4 fully saturated rings. The molecule has 0 radical (unpaired) electrons. The van der Waals surface area contributed by atoms with Crippen LogP contribution in [0.3, 0.4) is 0 Å². The summed E-state index contributed by atoms with van der Waals surface area (Å²) in [5.74, 6) is -1.83. The number of fused-ring (bicyclic) bond motifs is 1. The number of nitrogens with one attached hydrogen (secondary N) is 1. The molecule has 4 rings (SSSR count). The summed E-state index contributed by atoms with van der Waals surface area (Å²) in [7, 11) is 0. The van der Waals surface area contributed by atoms with E-state index >= 15 is 0 Å². The Morgan fingerprint density at radius 3 is 2.78 bits per heavy atom. The van der Waals surface area contributed by atoms with Crippen LogP contribution in [0.2, 0.25) is 0 Å². The highest BCUT2D eigenvalue weighted by Crippen LogP contribution is 2.67. The van der Waals surface area contributed by atoms with Gasteiger partial charge in [-0.15, -0.1) is 11.8 Å². The Balaban J connectivity index is 1.54.